The van der Waals surface area contributed by atoms with Crippen molar-refractivity contribution in [1.82, 2.24) is 0 Å². The van der Waals surface area contributed by atoms with Crippen molar-refractivity contribution in [2.45, 2.75) is 67.2 Å². The van der Waals surface area contributed by atoms with Gasteiger partial charge in [0.05, 0.1) is 35.7 Å². The molecule has 0 saturated heterocycles. The van der Waals surface area contributed by atoms with Crippen LogP contribution in [0.15, 0.2) is 70.6 Å². The zero-order valence-electron chi connectivity index (χ0n) is 35.7. The molecule has 322 valence electrons. The fourth-order valence-electron chi connectivity index (χ4n) is 7.73. The summed E-state index contributed by atoms with van der Waals surface area (Å²) in [7, 11) is 0. The molecule has 0 aliphatic heterocycles. The second kappa shape index (κ2) is 18.0. The van der Waals surface area contributed by atoms with Crippen LogP contribution in [0.4, 0.5) is 32.3 Å². The van der Waals surface area contributed by atoms with E-state index in [1.807, 2.05) is 27.7 Å². The summed E-state index contributed by atoms with van der Waals surface area (Å²) in [4.78, 5) is 32.9. The van der Waals surface area contributed by atoms with Crippen molar-refractivity contribution in [1.29, 1.82) is 0 Å². The number of hydrogen-bond donors (Lipinski definition) is 8. The summed E-state index contributed by atoms with van der Waals surface area (Å²) in [6, 6.07) is 16.5. The van der Waals surface area contributed by atoms with Crippen molar-refractivity contribution < 1.29 is 49.7 Å². The lowest BCUT2D eigenvalue weighted by atomic mass is 9.83. The molecule has 0 radical (unpaired) electrons. The van der Waals surface area contributed by atoms with Gasteiger partial charge in [-0.2, -0.15) is 0 Å². The first kappa shape index (κ1) is 44.1. The summed E-state index contributed by atoms with van der Waals surface area (Å²) in [6.07, 6.45) is 1.43. The molecule has 6 aromatic rings. The zero-order valence-corrected chi connectivity index (χ0v) is 35.7. The molecule has 14 nitrogen and oxygen atoms in total. The molecular formula is C48H50N4O10. The zero-order chi connectivity index (χ0) is 45.2. The number of phenolic OH excluding ortho intramolecular Hbond substituents is 6. The molecule has 0 heterocycles. The first-order valence-corrected chi connectivity index (χ1v) is 20.1. The smallest absolute Gasteiger partial charge is 0.411 e. The van der Waals surface area contributed by atoms with E-state index in [4.69, 9.17) is 9.47 Å². The Morgan fingerprint density at radius 3 is 1.21 bits per heavy atom. The summed E-state index contributed by atoms with van der Waals surface area (Å²) in [6.45, 7) is 14.7. The predicted molar refractivity (Wildman–Crippen MR) is 243 cm³/mol. The van der Waals surface area contributed by atoms with Gasteiger partial charge in [0.2, 0.25) is 0 Å². The SMILES string of the molecule is CCOC(=O)Nc1ccc(N=Cc2c(O)c(O)c(C(C)C)c3cc(C)c(-c4c(C)cc5c(C(C)C)c(O)c(O)c(C=Nc6ccc(NC(=O)OCC)cc6)c5c4O)c(O)c23)cc1. The second-order valence-electron chi connectivity index (χ2n) is 15.3. The highest BCUT2D eigenvalue weighted by Crippen LogP contribution is 2.54. The van der Waals surface area contributed by atoms with Gasteiger partial charge in [0.15, 0.2) is 23.0 Å². The molecule has 0 bridgehead atoms. The number of rotatable bonds is 11. The van der Waals surface area contributed by atoms with Gasteiger partial charge in [-0.3, -0.25) is 20.6 Å². The third kappa shape index (κ3) is 8.44. The maximum Gasteiger partial charge on any atom is 0.411 e. The van der Waals surface area contributed by atoms with Gasteiger partial charge >= 0.3 is 12.2 Å². The Hall–Kier alpha value is -7.48. The Morgan fingerprint density at radius 2 is 0.903 bits per heavy atom. The van der Waals surface area contributed by atoms with E-state index in [0.717, 1.165) is 0 Å². The van der Waals surface area contributed by atoms with Gasteiger partial charge in [-0.15, -0.1) is 0 Å². The van der Waals surface area contributed by atoms with Crippen LogP contribution >= 0.6 is 0 Å². The first-order valence-electron chi connectivity index (χ1n) is 20.1. The van der Waals surface area contributed by atoms with E-state index in [9.17, 15) is 40.2 Å². The number of aliphatic imine (C=N–C) groups is 2. The summed E-state index contributed by atoms with van der Waals surface area (Å²) >= 11 is 0. The number of hydrogen-bond acceptors (Lipinski definition) is 12. The quantitative estimate of drug-likeness (QED) is 0.0455. The minimum atomic E-state index is -0.608. The van der Waals surface area contributed by atoms with Crippen LogP contribution in [0.5, 0.6) is 34.5 Å². The molecule has 8 N–H and O–H groups in total. The van der Waals surface area contributed by atoms with Crippen molar-refractivity contribution in [3.05, 3.63) is 94.0 Å². The lowest BCUT2D eigenvalue weighted by molar-refractivity contribution is 0.167. The third-order valence-corrected chi connectivity index (χ3v) is 10.5. The highest BCUT2D eigenvalue weighted by Gasteiger charge is 2.29. The van der Waals surface area contributed by atoms with Crippen molar-refractivity contribution in [3.63, 3.8) is 0 Å². The Morgan fingerprint density at radius 1 is 0.565 bits per heavy atom. The van der Waals surface area contributed by atoms with Crippen molar-refractivity contribution in [3.8, 4) is 45.6 Å². The molecule has 0 unspecified atom stereocenters. The topological polar surface area (TPSA) is 223 Å². The number of aryl methyl sites for hydroxylation is 2. The number of amides is 2. The van der Waals surface area contributed by atoms with Gasteiger partial charge in [-0.25, -0.2) is 9.59 Å². The number of carbonyl (C=O) groups excluding carboxylic acids is 2. The molecule has 0 fully saturated rings. The monoisotopic (exact) mass is 842 g/mol. The minimum Gasteiger partial charge on any atom is -0.507 e. The number of aromatic hydroxyl groups is 6. The first-order chi connectivity index (χ1) is 29.5. The molecule has 6 aromatic carbocycles. The molecule has 0 spiro atoms. The maximum absolute atomic E-state index is 12.5. The molecule has 0 aromatic heterocycles. The molecule has 62 heavy (non-hydrogen) atoms. The lowest BCUT2D eigenvalue weighted by Gasteiger charge is -2.23. The maximum atomic E-state index is 12.5. The van der Waals surface area contributed by atoms with Crippen LogP contribution in [0, 0.1) is 13.8 Å². The largest absolute Gasteiger partial charge is 0.507 e. The van der Waals surface area contributed by atoms with Gasteiger partial charge in [-0.05, 0) is 110 Å². The van der Waals surface area contributed by atoms with Crippen LogP contribution in [0.25, 0.3) is 32.7 Å². The van der Waals surface area contributed by atoms with Crippen LogP contribution in [0.1, 0.15) is 86.8 Å². The molecule has 6 rings (SSSR count). The number of benzene rings is 6. The summed E-state index contributed by atoms with van der Waals surface area (Å²) in [5, 5.41) is 77.2. The van der Waals surface area contributed by atoms with Crippen molar-refractivity contribution >= 4 is 68.9 Å². The fraction of sp³-hybridized carbons (Fsp3) is 0.250. The number of nitrogens with one attached hydrogen (secondary N) is 2. The van der Waals surface area contributed by atoms with Crippen molar-refractivity contribution in [2.24, 2.45) is 9.98 Å². The van der Waals surface area contributed by atoms with Gasteiger partial charge in [-0.1, -0.05) is 39.8 Å². The molecular weight excluding hydrogens is 793 g/mol. The van der Waals surface area contributed by atoms with Gasteiger partial charge < -0.3 is 40.1 Å². The van der Waals surface area contributed by atoms with E-state index in [0.29, 0.717) is 55.8 Å². The van der Waals surface area contributed by atoms with E-state index >= 15 is 0 Å². The summed E-state index contributed by atoms with van der Waals surface area (Å²) in [5.41, 5.74) is 4.05. The molecule has 0 atom stereocenters. The molecule has 0 aliphatic rings. The minimum absolute atomic E-state index is 0.00765. The van der Waals surface area contributed by atoms with E-state index in [1.165, 1.54) is 12.4 Å². The normalized spacial score (nSPS) is 11.7. The van der Waals surface area contributed by atoms with E-state index in [2.05, 4.69) is 20.6 Å². The molecule has 2 amide bonds. The number of carbonyl (C=O) groups is 2. The Bertz CT molecular complexity index is 2590. The highest BCUT2D eigenvalue weighted by molar-refractivity contribution is 6.15. The number of phenols is 6. The summed E-state index contributed by atoms with van der Waals surface area (Å²) in [5.74, 6) is -3.00. The molecule has 0 aliphatic carbocycles. The second-order valence-corrected chi connectivity index (χ2v) is 15.3. The molecule has 0 saturated carbocycles. The van der Waals surface area contributed by atoms with Crippen LogP contribution in [0.2, 0.25) is 0 Å². The standard InChI is InChI=1S/C48H50N4O10/c1-9-61-47(59)51-29-15-11-27(12-16-29)49-21-33-39-31(35(23(3)4)45(57)41(33)53)19-25(7)37(43(39)55)38-26(8)20-32-36(24(5)6)46(58)42(54)34(40(32)44(38)56)22-50-28-13-17-30(18-14-28)52-48(60)62-10-2/h11-24,53-58H,9-10H2,1-8H3,(H,51,59)(H,52,60). The average Bonchev–Trinajstić information content (AvgIpc) is 3.21. The van der Waals surface area contributed by atoms with Crippen molar-refractivity contribution in [2.75, 3.05) is 23.8 Å². The highest BCUT2D eigenvalue weighted by atomic mass is 16.6. The Balaban J connectivity index is 1.57. The third-order valence-electron chi connectivity index (χ3n) is 10.5. The van der Waals surface area contributed by atoms with E-state index in [1.54, 1.807) is 88.4 Å². The van der Waals surface area contributed by atoms with Gasteiger partial charge in [0.25, 0.3) is 0 Å². The van der Waals surface area contributed by atoms with Crippen LogP contribution in [-0.2, 0) is 9.47 Å². The summed E-state index contributed by atoms with van der Waals surface area (Å²) < 4.78 is 9.87. The number of fused-ring (bicyclic) bond motifs is 2. The van der Waals surface area contributed by atoms with Crippen LogP contribution < -0.4 is 10.6 Å². The fourth-order valence-corrected chi connectivity index (χ4v) is 7.73. The van der Waals surface area contributed by atoms with Crippen LogP contribution in [0.3, 0.4) is 0 Å². The van der Waals surface area contributed by atoms with E-state index < -0.39 is 23.7 Å². The predicted octanol–water partition coefficient (Wildman–Crippen LogP) is 11.4. The Kier molecular flexibility index (Phi) is 12.8. The number of anilines is 2. The Labute approximate surface area is 358 Å². The van der Waals surface area contributed by atoms with Crippen LogP contribution in [-0.4, -0.2) is 68.5 Å². The molecule has 14 heteroatoms. The lowest BCUT2D eigenvalue weighted by Crippen LogP contribution is -2.12. The average molecular weight is 843 g/mol. The van der Waals surface area contributed by atoms with E-state index in [-0.39, 0.29) is 81.1 Å². The number of ether oxygens (including phenoxy) is 2. The number of nitrogens with zero attached hydrogens (tertiary/aromatic N) is 2. The van der Waals surface area contributed by atoms with Gasteiger partial charge in [0.1, 0.15) is 11.5 Å². The van der Waals surface area contributed by atoms with Gasteiger partial charge in [0, 0.05) is 56.8 Å².